The molecule has 0 radical (unpaired) electrons. The van der Waals surface area contributed by atoms with Crippen LogP contribution in [0.15, 0.2) is 6.07 Å². The Balaban J connectivity index is 2.14. The van der Waals surface area contributed by atoms with Crippen LogP contribution in [0.2, 0.25) is 0 Å². The summed E-state index contributed by atoms with van der Waals surface area (Å²) in [6, 6.07) is 2.10. The third kappa shape index (κ3) is 3.62. The molecule has 0 aromatic carbocycles. The molecule has 2 rings (SSSR count). The maximum atomic E-state index is 4.66. The summed E-state index contributed by atoms with van der Waals surface area (Å²) in [5, 5.41) is 3.52. The van der Waals surface area contributed by atoms with Crippen LogP contribution in [-0.4, -0.2) is 27.5 Å². The van der Waals surface area contributed by atoms with Crippen molar-refractivity contribution in [3.05, 3.63) is 17.6 Å². The van der Waals surface area contributed by atoms with Gasteiger partial charge < -0.3 is 5.32 Å². The van der Waals surface area contributed by atoms with Crippen molar-refractivity contribution in [1.29, 1.82) is 0 Å². The van der Waals surface area contributed by atoms with Gasteiger partial charge in [-0.15, -0.1) is 0 Å². The molecule has 1 heterocycles. The quantitative estimate of drug-likeness (QED) is 0.853. The predicted molar refractivity (Wildman–Crippen MR) is 84.2 cm³/mol. The van der Waals surface area contributed by atoms with Gasteiger partial charge in [0.1, 0.15) is 11.6 Å². The van der Waals surface area contributed by atoms with Crippen molar-refractivity contribution in [3.63, 3.8) is 0 Å². The first-order chi connectivity index (χ1) is 8.96. The van der Waals surface area contributed by atoms with E-state index < -0.39 is 0 Å². The van der Waals surface area contributed by atoms with Gasteiger partial charge in [0.15, 0.2) is 0 Å². The van der Waals surface area contributed by atoms with Crippen molar-refractivity contribution in [1.82, 2.24) is 9.97 Å². The summed E-state index contributed by atoms with van der Waals surface area (Å²) >= 11 is 1.97. The topological polar surface area (TPSA) is 37.8 Å². The Morgan fingerprint density at radius 2 is 1.89 bits per heavy atom. The van der Waals surface area contributed by atoms with Crippen molar-refractivity contribution in [3.8, 4) is 0 Å². The van der Waals surface area contributed by atoms with Gasteiger partial charge in [-0.2, -0.15) is 11.8 Å². The number of aromatic nitrogens is 2. The van der Waals surface area contributed by atoms with Gasteiger partial charge in [-0.3, -0.25) is 0 Å². The van der Waals surface area contributed by atoms with E-state index in [2.05, 4.69) is 55.3 Å². The molecule has 1 aliphatic carbocycles. The first-order valence-corrected chi connectivity index (χ1v) is 8.36. The molecule has 4 heteroatoms. The summed E-state index contributed by atoms with van der Waals surface area (Å²) in [6.45, 7) is 9.67. The average molecular weight is 279 g/mol. The van der Waals surface area contributed by atoms with E-state index in [1.54, 1.807) is 0 Å². The zero-order valence-corrected chi connectivity index (χ0v) is 13.5. The van der Waals surface area contributed by atoms with Crippen LogP contribution in [0.25, 0.3) is 0 Å². The molecule has 19 heavy (non-hydrogen) atoms. The number of anilines is 1. The second kappa shape index (κ2) is 5.70. The predicted octanol–water partition coefficient (Wildman–Crippen LogP) is 4.03. The van der Waals surface area contributed by atoms with Gasteiger partial charge in [0, 0.05) is 29.0 Å². The van der Waals surface area contributed by atoms with E-state index in [0.717, 1.165) is 23.9 Å². The first kappa shape index (κ1) is 14.6. The van der Waals surface area contributed by atoms with Crippen LogP contribution in [0, 0.1) is 0 Å². The van der Waals surface area contributed by atoms with Crippen molar-refractivity contribution in [2.45, 2.75) is 57.1 Å². The third-order valence-electron chi connectivity index (χ3n) is 3.70. The van der Waals surface area contributed by atoms with Gasteiger partial charge in [0.25, 0.3) is 0 Å². The van der Waals surface area contributed by atoms with E-state index in [1.165, 1.54) is 12.8 Å². The first-order valence-electron chi connectivity index (χ1n) is 7.14. The van der Waals surface area contributed by atoms with E-state index in [4.69, 9.17) is 0 Å². The van der Waals surface area contributed by atoms with E-state index in [9.17, 15) is 0 Å². The Morgan fingerprint density at radius 3 is 2.37 bits per heavy atom. The van der Waals surface area contributed by atoms with E-state index >= 15 is 0 Å². The molecule has 0 bridgehead atoms. The molecule has 1 N–H and O–H groups in total. The third-order valence-corrected chi connectivity index (χ3v) is 5.12. The molecule has 0 unspecified atom stereocenters. The lowest BCUT2D eigenvalue weighted by Crippen LogP contribution is -2.19. The summed E-state index contributed by atoms with van der Waals surface area (Å²) in [4.78, 5) is 9.31. The Hall–Kier alpha value is -0.770. The Bertz CT molecular complexity index is 413. The molecular formula is C15H25N3S. The van der Waals surface area contributed by atoms with Crippen LogP contribution in [0.5, 0.6) is 0 Å². The summed E-state index contributed by atoms with van der Waals surface area (Å²) in [6.07, 6.45) is 4.84. The van der Waals surface area contributed by atoms with Gasteiger partial charge in [0.2, 0.25) is 0 Å². The zero-order valence-electron chi connectivity index (χ0n) is 12.7. The highest BCUT2D eigenvalue weighted by atomic mass is 32.2. The second-order valence-corrected chi connectivity index (χ2v) is 7.36. The van der Waals surface area contributed by atoms with Crippen LogP contribution < -0.4 is 5.32 Å². The lowest BCUT2D eigenvalue weighted by molar-refractivity contribution is 0.729. The van der Waals surface area contributed by atoms with Gasteiger partial charge in [0.05, 0.1) is 0 Å². The fraction of sp³-hybridized carbons (Fsp3) is 0.733. The molecule has 1 aliphatic rings. The van der Waals surface area contributed by atoms with Crippen LogP contribution in [-0.2, 0) is 0 Å². The number of thioether (sulfide) groups is 1. The molecule has 0 amide bonds. The molecule has 1 aromatic heterocycles. The molecule has 1 aromatic rings. The Labute approximate surface area is 121 Å². The van der Waals surface area contributed by atoms with Crippen LogP contribution in [0.3, 0.4) is 0 Å². The van der Waals surface area contributed by atoms with Crippen molar-refractivity contribution >= 4 is 17.6 Å². The average Bonchev–Trinajstić information content (AvgIpc) is 3.16. The number of nitrogens with one attached hydrogen (secondary N) is 1. The number of hydrogen-bond donors (Lipinski definition) is 1. The maximum absolute atomic E-state index is 4.66. The highest BCUT2D eigenvalue weighted by Gasteiger charge is 2.41. The van der Waals surface area contributed by atoms with Crippen LogP contribution in [0.1, 0.15) is 63.9 Å². The fourth-order valence-corrected chi connectivity index (χ4v) is 2.70. The van der Waals surface area contributed by atoms with Crippen molar-refractivity contribution in [2.24, 2.45) is 0 Å². The van der Waals surface area contributed by atoms with Gasteiger partial charge in [-0.05, 0) is 25.0 Å². The molecule has 0 spiro atoms. The number of rotatable bonds is 6. The number of hydrogen-bond acceptors (Lipinski definition) is 4. The number of nitrogens with zero attached hydrogens (tertiary/aromatic N) is 2. The largest absolute Gasteiger partial charge is 0.369 e. The molecule has 0 atom stereocenters. The highest BCUT2D eigenvalue weighted by molar-refractivity contribution is 8.00. The van der Waals surface area contributed by atoms with Crippen molar-refractivity contribution < 1.29 is 0 Å². The Morgan fingerprint density at radius 1 is 1.21 bits per heavy atom. The second-order valence-electron chi connectivity index (χ2n) is 6.09. The molecule has 1 saturated carbocycles. The normalized spacial score (nSPS) is 17.0. The molecule has 0 saturated heterocycles. The van der Waals surface area contributed by atoms with E-state index in [1.807, 2.05) is 11.8 Å². The Kier molecular flexibility index (Phi) is 4.39. The zero-order chi connectivity index (χ0) is 14.0. The van der Waals surface area contributed by atoms with E-state index in [-0.39, 0.29) is 0 Å². The summed E-state index contributed by atoms with van der Waals surface area (Å²) < 4.78 is 0.459. The minimum Gasteiger partial charge on any atom is -0.369 e. The summed E-state index contributed by atoms with van der Waals surface area (Å²) in [5.41, 5.74) is 1.13. The lowest BCUT2D eigenvalue weighted by Gasteiger charge is -2.16. The molecule has 3 nitrogen and oxygen atoms in total. The van der Waals surface area contributed by atoms with Crippen LogP contribution in [0.4, 0.5) is 5.82 Å². The standard InChI is InChI=1S/C15H25N3S/c1-10(2)12-8-13(18-14(17-12)11(3)4)16-9-15(19-5)6-7-15/h8,10-11H,6-7,9H2,1-5H3,(H,16,17,18). The maximum Gasteiger partial charge on any atom is 0.133 e. The minimum atomic E-state index is 0.370. The van der Waals surface area contributed by atoms with Crippen molar-refractivity contribution in [2.75, 3.05) is 18.1 Å². The van der Waals surface area contributed by atoms with E-state index in [0.29, 0.717) is 16.6 Å². The SMILES string of the molecule is CSC1(CNc2cc(C(C)C)nc(C(C)C)n2)CC1. The fourth-order valence-electron chi connectivity index (χ4n) is 1.97. The van der Waals surface area contributed by atoms with Crippen LogP contribution >= 0.6 is 11.8 Å². The molecule has 106 valence electrons. The lowest BCUT2D eigenvalue weighted by atomic mass is 10.1. The van der Waals surface area contributed by atoms with Gasteiger partial charge in [-0.25, -0.2) is 9.97 Å². The molecule has 0 aliphatic heterocycles. The summed E-state index contributed by atoms with van der Waals surface area (Å²) in [5.74, 6) is 2.75. The monoisotopic (exact) mass is 279 g/mol. The van der Waals surface area contributed by atoms with Gasteiger partial charge >= 0.3 is 0 Å². The highest BCUT2D eigenvalue weighted by Crippen LogP contribution is 2.47. The molecular weight excluding hydrogens is 254 g/mol. The molecule has 1 fully saturated rings. The minimum absolute atomic E-state index is 0.370. The summed E-state index contributed by atoms with van der Waals surface area (Å²) in [7, 11) is 0. The smallest absolute Gasteiger partial charge is 0.133 e. The van der Waals surface area contributed by atoms with Gasteiger partial charge in [-0.1, -0.05) is 27.7 Å².